The van der Waals surface area contributed by atoms with Crippen LogP contribution in [0.3, 0.4) is 0 Å². The fourth-order valence-corrected chi connectivity index (χ4v) is 7.49. The summed E-state index contributed by atoms with van der Waals surface area (Å²) in [4.78, 5) is 41.5. The van der Waals surface area contributed by atoms with Crippen LogP contribution in [0.4, 0.5) is 0 Å². The summed E-state index contributed by atoms with van der Waals surface area (Å²) in [6.07, 6.45) is -0.556. The Morgan fingerprint density at radius 3 is 2.35 bits per heavy atom. The van der Waals surface area contributed by atoms with Crippen molar-refractivity contribution in [2.75, 3.05) is 20.6 Å². The average Bonchev–Trinajstić information content (AvgIpc) is 2.76. The number of hydrogen-bond donors (Lipinski definition) is 2. The van der Waals surface area contributed by atoms with Crippen molar-refractivity contribution in [3.63, 3.8) is 0 Å². The van der Waals surface area contributed by atoms with Crippen LogP contribution in [-0.2, 0) is 28.6 Å². The van der Waals surface area contributed by atoms with Gasteiger partial charge in [0.2, 0.25) is 0 Å². The molecule has 9 heteroatoms. The van der Waals surface area contributed by atoms with E-state index < -0.39 is 69.6 Å². The molecule has 0 aromatic carbocycles. The highest BCUT2D eigenvalue weighted by Gasteiger charge is 2.82. The van der Waals surface area contributed by atoms with E-state index in [2.05, 4.69) is 6.58 Å². The maximum atomic E-state index is 14.0. The summed E-state index contributed by atoms with van der Waals surface area (Å²) in [5.41, 5.74) is -7.30. The van der Waals surface area contributed by atoms with Gasteiger partial charge in [0, 0.05) is 31.1 Å². The summed E-state index contributed by atoms with van der Waals surface area (Å²) in [5, 5.41) is 24.0. The molecule has 1 aliphatic heterocycles. The van der Waals surface area contributed by atoms with E-state index in [0.29, 0.717) is 25.8 Å². The molecule has 8 atom stereocenters. The first-order valence-corrected chi connectivity index (χ1v) is 13.2. The van der Waals surface area contributed by atoms with E-state index in [4.69, 9.17) is 14.2 Å². The Morgan fingerprint density at radius 1 is 1.19 bits per heavy atom. The summed E-state index contributed by atoms with van der Waals surface area (Å²) in [6.45, 7) is 14.5. The van der Waals surface area contributed by atoms with Crippen LogP contribution in [0.1, 0.15) is 73.6 Å². The van der Waals surface area contributed by atoms with E-state index in [1.165, 1.54) is 19.9 Å². The van der Waals surface area contributed by atoms with Gasteiger partial charge in [0.25, 0.3) is 0 Å². The average molecular weight is 524 g/mol. The zero-order valence-electron chi connectivity index (χ0n) is 23.6. The Balaban J connectivity index is 2.24. The molecule has 210 valence electrons. The lowest BCUT2D eigenvalue weighted by Gasteiger charge is -2.71. The molecular weight excluding hydrogens is 478 g/mol. The van der Waals surface area contributed by atoms with Gasteiger partial charge in [-0.2, -0.15) is 0 Å². The lowest BCUT2D eigenvalue weighted by atomic mass is 9.39. The highest BCUT2D eigenvalue weighted by molar-refractivity contribution is 5.92. The van der Waals surface area contributed by atoms with E-state index >= 15 is 0 Å². The SMILES string of the molecule is C=C[C@@]1(C)CC(=O)[C@]2(O)[C@@]3(C)[C@@H](O)CCC(C)(C)[C@@H]3[C@H](OC(=O)CCCN(C)C)[C@H](OC(C)=O)[C@@]2(C)O1. The van der Waals surface area contributed by atoms with Gasteiger partial charge in [-0.3, -0.25) is 14.4 Å². The Morgan fingerprint density at radius 2 is 1.81 bits per heavy atom. The lowest BCUT2D eigenvalue weighted by Crippen LogP contribution is -2.87. The number of nitrogens with zero attached hydrogens (tertiary/aromatic N) is 1. The van der Waals surface area contributed by atoms with Gasteiger partial charge in [0.15, 0.2) is 17.5 Å². The second-order valence-corrected chi connectivity index (χ2v) is 12.7. The lowest BCUT2D eigenvalue weighted by molar-refractivity contribution is -0.371. The fraction of sp³-hybridized carbons (Fsp3) is 0.821. The van der Waals surface area contributed by atoms with Crippen LogP contribution in [-0.4, -0.2) is 88.6 Å². The first-order valence-electron chi connectivity index (χ1n) is 13.2. The molecule has 2 saturated carbocycles. The molecule has 0 aromatic rings. The molecule has 9 nitrogen and oxygen atoms in total. The highest BCUT2D eigenvalue weighted by atomic mass is 16.6. The molecule has 1 saturated heterocycles. The first kappa shape index (κ1) is 29.7. The maximum absolute atomic E-state index is 14.0. The number of carbonyl (C=O) groups excluding carboxylic acids is 3. The standard InChI is InChI=1S/C28H45NO8/c1-10-25(5)16-19(32)28(34)26(6)18(31)13-14-24(3,4)22(26)21(36-20(33)12-11-15-29(8)9)23(35-17(2)30)27(28,7)37-25/h10,18,21-23,31,34H,1,11-16H2,2-9H3/t18-,21-,22-,23-,25-,26-,27+,28-/m0/s1. The van der Waals surface area contributed by atoms with Crippen molar-refractivity contribution >= 4 is 17.7 Å². The molecule has 0 unspecified atom stereocenters. The number of ether oxygens (including phenoxy) is 3. The van der Waals surface area contributed by atoms with Crippen LogP contribution in [0.2, 0.25) is 0 Å². The Labute approximate surface area is 220 Å². The van der Waals surface area contributed by atoms with E-state index in [1.807, 2.05) is 32.8 Å². The van der Waals surface area contributed by atoms with Gasteiger partial charge in [0.05, 0.1) is 11.7 Å². The Hall–Kier alpha value is -1.81. The molecule has 1 heterocycles. The van der Waals surface area contributed by atoms with E-state index in [0.717, 1.165) is 0 Å². The van der Waals surface area contributed by atoms with Crippen LogP contribution in [0.5, 0.6) is 0 Å². The number of hydrogen-bond acceptors (Lipinski definition) is 9. The monoisotopic (exact) mass is 523 g/mol. The quantitative estimate of drug-likeness (QED) is 0.383. The molecule has 2 N–H and O–H groups in total. The molecule has 3 rings (SSSR count). The second kappa shape index (κ2) is 9.74. The van der Waals surface area contributed by atoms with Crippen molar-refractivity contribution in [1.82, 2.24) is 4.90 Å². The number of carbonyl (C=O) groups is 3. The number of aliphatic hydroxyl groups excluding tert-OH is 1. The molecular formula is C28H45NO8. The van der Waals surface area contributed by atoms with Gasteiger partial charge in [-0.15, -0.1) is 6.58 Å². The van der Waals surface area contributed by atoms with E-state index in [-0.39, 0.29) is 12.8 Å². The third kappa shape index (κ3) is 4.56. The van der Waals surface area contributed by atoms with Gasteiger partial charge in [0.1, 0.15) is 11.7 Å². The first-order chi connectivity index (χ1) is 16.9. The van der Waals surface area contributed by atoms with Crippen molar-refractivity contribution < 1.29 is 38.8 Å². The smallest absolute Gasteiger partial charge is 0.306 e. The summed E-state index contributed by atoms with van der Waals surface area (Å²) >= 11 is 0. The van der Waals surface area contributed by atoms with Crippen molar-refractivity contribution in [1.29, 1.82) is 0 Å². The van der Waals surface area contributed by atoms with Gasteiger partial charge in [-0.25, -0.2) is 0 Å². The molecule has 37 heavy (non-hydrogen) atoms. The van der Waals surface area contributed by atoms with Crippen molar-refractivity contribution in [2.45, 2.75) is 109 Å². The summed E-state index contributed by atoms with van der Waals surface area (Å²) in [7, 11) is 3.83. The van der Waals surface area contributed by atoms with Crippen LogP contribution in [0.25, 0.3) is 0 Å². The third-order valence-corrected chi connectivity index (χ3v) is 9.25. The molecule has 0 radical (unpaired) electrons. The minimum Gasteiger partial charge on any atom is -0.458 e. The predicted molar refractivity (Wildman–Crippen MR) is 137 cm³/mol. The number of fused-ring (bicyclic) bond motifs is 3. The fourth-order valence-electron chi connectivity index (χ4n) is 7.49. The normalized spacial score (nSPS) is 42.9. The Bertz CT molecular complexity index is 948. The van der Waals surface area contributed by atoms with Gasteiger partial charge in [-0.1, -0.05) is 26.8 Å². The zero-order valence-corrected chi connectivity index (χ0v) is 23.6. The zero-order chi connectivity index (χ0) is 28.2. The molecule has 3 fully saturated rings. The number of esters is 2. The number of ketones is 1. The predicted octanol–water partition coefficient (Wildman–Crippen LogP) is 2.41. The number of rotatable bonds is 7. The largest absolute Gasteiger partial charge is 0.458 e. The second-order valence-electron chi connectivity index (χ2n) is 12.7. The third-order valence-electron chi connectivity index (χ3n) is 9.25. The highest BCUT2D eigenvalue weighted by Crippen LogP contribution is 2.67. The van der Waals surface area contributed by atoms with Crippen molar-refractivity contribution in [3.8, 4) is 0 Å². The van der Waals surface area contributed by atoms with Gasteiger partial charge < -0.3 is 29.3 Å². The molecule has 0 amide bonds. The minimum absolute atomic E-state index is 0.138. The molecule has 3 aliphatic rings. The molecule has 2 aliphatic carbocycles. The number of Topliss-reactive ketones (excluding diaryl/α,β-unsaturated/α-hetero) is 1. The molecule has 0 aromatic heterocycles. The summed E-state index contributed by atoms with van der Waals surface area (Å²) in [6, 6.07) is 0. The van der Waals surface area contributed by atoms with Gasteiger partial charge in [-0.05, 0) is 59.2 Å². The minimum atomic E-state index is -2.24. The summed E-state index contributed by atoms with van der Waals surface area (Å²) < 4.78 is 18.4. The topological polar surface area (TPSA) is 123 Å². The van der Waals surface area contributed by atoms with Crippen LogP contribution >= 0.6 is 0 Å². The van der Waals surface area contributed by atoms with Crippen molar-refractivity contribution in [3.05, 3.63) is 12.7 Å². The van der Waals surface area contributed by atoms with Crippen molar-refractivity contribution in [2.24, 2.45) is 16.7 Å². The van der Waals surface area contributed by atoms with Gasteiger partial charge >= 0.3 is 11.9 Å². The van der Waals surface area contributed by atoms with Crippen LogP contribution < -0.4 is 0 Å². The Kier molecular flexibility index (Phi) is 7.83. The molecule has 0 bridgehead atoms. The number of aliphatic hydroxyl groups is 2. The maximum Gasteiger partial charge on any atom is 0.306 e. The van der Waals surface area contributed by atoms with E-state index in [9.17, 15) is 24.6 Å². The molecule has 0 spiro atoms. The van der Waals surface area contributed by atoms with E-state index in [1.54, 1.807) is 13.8 Å². The van der Waals surface area contributed by atoms with Crippen LogP contribution in [0.15, 0.2) is 12.7 Å². The van der Waals surface area contributed by atoms with Crippen LogP contribution in [0, 0.1) is 16.7 Å². The summed E-state index contributed by atoms with van der Waals surface area (Å²) in [5.74, 6) is -2.39.